The Morgan fingerprint density at radius 2 is 1.79 bits per heavy atom. The molecular weight excluding hydrogens is 506 g/mol. The van der Waals surface area contributed by atoms with Gasteiger partial charge in [0.25, 0.3) is 11.6 Å². The number of aryl methyl sites for hydroxylation is 1. The van der Waals surface area contributed by atoms with Crippen molar-refractivity contribution >= 4 is 28.8 Å². The molecule has 0 N–H and O–H groups in total. The smallest absolute Gasteiger partial charge is 0.273 e. The number of nitrogens with zero attached hydrogens (tertiary/aromatic N) is 3. The van der Waals surface area contributed by atoms with E-state index in [0.29, 0.717) is 36.6 Å². The Balaban J connectivity index is 1.81. The molecule has 0 saturated carbocycles. The minimum atomic E-state index is -0.506. The summed E-state index contributed by atoms with van der Waals surface area (Å²) in [6.07, 6.45) is 0.581. The second-order valence-corrected chi connectivity index (χ2v) is 10.2. The molecule has 0 bridgehead atoms. The van der Waals surface area contributed by atoms with E-state index in [2.05, 4.69) is 0 Å². The predicted octanol–water partition coefficient (Wildman–Crippen LogP) is 5.10. The van der Waals surface area contributed by atoms with Crippen molar-refractivity contribution in [2.75, 3.05) is 27.3 Å². The molecule has 1 heterocycles. The van der Waals surface area contributed by atoms with Crippen LogP contribution in [0, 0.1) is 17.0 Å². The molecule has 0 aliphatic rings. The van der Waals surface area contributed by atoms with Gasteiger partial charge in [0.2, 0.25) is 5.91 Å². The Hall–Kier alpha value is -3.92. The van der Waals surface area contributed by atoms with Crippen LogP contribution in [0.1, 0.15) is 40.2 Å². The van der Waals surface area contributed by atoms with E-state index in [1.807, 2.05) is 49.6 Å². The Morgan fingerprint density at radius 3 is 2.39 bits per heavy atom. The van der Waals surface area contributed by atoms with Crippen LogP contribution in [0.25, 0.3) is 0 Å². The number of carbonyl (C=O) groups is 2. The van der Waals surface area contributed by atoms with Crippen LogP contribution in [-0.2, 0) is 17.8 Å². The summed E-state index contributed by atoms with van der Waals surface area (Å²) in [6, 6.07) is 13.7. The van der Waals surface area contributed by atoms with Crippen LogP contribution in [0.2, 0.25) is 0 Å². The van der Waals surface area contributed by atoms with Gasteiger partial charge in [0.1, 0.15) is 6.54 Å². The fourth-order valence-corrected chi connectivity index (χ4v) is 4.74. The van der Waals surface area contributed by atoms with Gasteiger partial charge in [-0.2, -0.15) is 0 Å². The minimum Gasteiger partial charge on any atom is -0.493 e. The van der Waals surface area contributed by atoms with Crippen molar-refractivity contribution in [1.82, 2.24) is 9.80 Å². The van der Waals surface area contributed by atoms with Crippen molar-refractivity contribution in [3.05, 3.63) is 85.6 Å². The third-order valence-electron chi connectivity index (χ3n) is 6.24. The number of methoxy groups -OCH3 is 2. The van der Waals surface area contributed by atoms with Gasteiger partial charge in [-0.3, -0.25) is 19.7 Å². The summed E-state index contributed by atoms with van der Waals surface area (Å²) >= 11 is 1.56. The molecule has 3 rings (SSSR count). The summed E-state index contributed by atoms with van der Waals surface area (Å²) in [5.74, 6) is 0.616. The molecule has 1 aromatic heterocycles. The van der Waals surface area contributed by atoms with Crippen LogP contribution in [0.3, 0.4) is 0 Å². The highest BCUT2D eigenvalue weighted by atomic mass is 32.1. The average molecular weight is 540 g/mol. The average Bonchev–Trinajstić information content (AvgIpc) is 3.42. The van der Waals surface area contributed by atoms with Gasteiger partial charge in [-0.05, 0) is 62.4 Å². The molecule has 0 atom stereocenters. The van der Waals surface area contributed by atoms with Crippen molar-refractivity contribution in [3.8, 4) is 11.5 Å². The van der Waals surface area contributed by atoms with E-state index in [0.717, 1.165) is 10.4 Å². The number of thiophene rings is 1. The predicted molar refractivity (Wildman–Crippen MR) is 147 cm³/mol. The third-order valence-corrected chi connectivity index (χ3v) is 7.10. The summed E-state index contributed by atoms with van der Waals surface area (Å²) in [5.41, 5.74) is 1.51. The number of carbonyl (C=O) groups excluding carboxylic acids is 2. The van der Waals surface area contributed by atoms with Gasteiger partial charge < -0.3 is 19.3 Å². The molecule has 0 unspecified atom stereocenters. The van der Waals surface area contributed by atoms with Crippen molar-refractivity contribution in [2.45, 2.75) is 39.8 Å². The lowest BCUT2D eigenvalue weighted by Gasteiger charge is -2.30. The molecule has 2 amide bonds. The van der Waals surface area contributed by atoms with Gasteiger partial charge in [-0.15, -0.1) is 11.3 Å². The molecule has 0 saturated heterocycles. The van der Waals surface area contributed by atoms with Gasteiger partial charge >= 0.3 is 0 Å². The molecule has 0 aliphatic carbocycles. The Bertz CT molecular complexity index is 1280. The van der Waals surface area contributed by atoms with E-state index in [4.69, 9.17) is 9.47 Å². The van der Waals surface area contributed by atoms with Gasteiger partial charge in [0.15, 0.2) is 11.5 Å². The summed E-state index contributed by atoms with van der Waals surface area (Å²) in [7, 11) is 3.16. The maximum Gasteiger partial charge on any atom is 0.273 e. The Labute approximate surface area is 226 Å². The highest BCUT2D eigenvalue weighted by Gasteiger charge is 2.26. The molecule has 0 aliphatic heterocycles. The largest absolute Gasteiger partial charge is 0.493 e. The van der Waals surface area contributed by atoms with Gasteiger partial charge in [-0.1, -0.05) is 18.2 Å². The molecule has 0 radical (unpaired) electrons. The molecule has 202 valence electrons. The third kappa shape index (κ3) is 7.10. The standard InChI is InChI=1S/C28H33N3O6S/c1-19(2)30(28(33)22-10-8-20(3)24(16-22)31(34)35)18-27(32)29(17-23-7-6-14-38-23)13-12-21-9-11-25(36-4)26(15-21)37-5/h6-11,14-16,19H,12-13,17-18H2,1-5H3. The second kappa shape index (κ2) is 13.0. The molecule has 0 spiro atoms. The fraction of sp³-hybridized carbons (Fsp3) is 0.357. The highest BCUT2D eigenvalue weighted by Crippen LogP contribution is 2.28. The monoisotopic (exact) mass is 539 g/mol. The molecular formula is C28H33N3O6S. The van der Waals surface area contributed by atoms with Gasteiger partial charge in [0, 0.05) is 34.7 Å². The molecule has 3 aromatic rings. The number of rotatable bonds is 12. The van der Waals surface area contributed by atoms with Crippen LogP contribution in [0.4, 0.5) is 5.69 Å². The zero-order valence-corrected chi connectivity index (χ0v) is 23.1. The number of ether oxygens (including phenoxy) is 2. The van der Waals surface area contributed by atoms with Crippen molar-refractivity contribution in [1.29, 1.82) is 0 Å². The van der Waals surface area contributed by atoms with E-state index in [-0.39, 0.29) is 29.7 Å². The number of amides is 2. The van der Waals surface area contributed by atoms with Crippen LogP contribution in [0.5, 0.6) is 11.5 Å². The summed E-state index contributed by atoms with van der Waals surface area (Å²) in [6.45, 7) is 5.97. The maximum absolute atomic E-state index is 13.6. The summed E-state index contributed by atoms with van der Waals surface area (Å²) in [4.78, 5) is 42.1. The zero-order valence-electron chi connectivity index (χ0n) is 22.3. The first-order valence-electron chi connectivity index (χ1n) is 12.2. The number of hydrogen-bond donors (Lipinski definition) is 0. The first-order valence-corrected chi connectivity index (χ1v) is 13.1. The second-order valence-electron chi connectivity index (χ2n) is 9.12. The molecule has 2 aromatic carbocycles. The fourth-order valence-electron chi connectivity index (χ4n) is 4.02. The minimum absolute atomic E-state index is 0.125. The lowest BCUT2D eigenvalue weighted by molar-refractivity contribution is -0.385. The summed E-state index contributed by atoms with van der Waals surface area (Å²) < 4.78 is 10.7. The lowest BCUT2D eigenvalue weighted by Crippen LogP contribution is -2.46. The van der Waals surface area contributed by atoms with Crippen LogP contribution < -0.4 is 9.47 Å². The van der Waals surface area contributed by atoms with E-state index in [9.17, 15) is 19.7 Å². The molecule has 0 fully saturated rings. The lowest BCUT2D eigenvalue weighted by atomic mass is 10.1. The number of benzene rings is 2. The highest BCUT2D eigenvalue weighted by molar-refractivity contribution is 7.09. The maximum atomic E-state index is 13.6. The summed E-state index contributed by atoms with van der Waals surface area (Å²) in [5, 5.41) is 13.3. The van der Waals surface area contributed by atoms with Crippen LogP contribution in [0.15, 0.2) is 53.9 Å². The number of nitro benzene ring substituents is 1. The van der Waals surface area contributed by atoms with Crippen LogP contribution in [-0.4, -0.2) is 59.9 Å². The number of hydrogen-bond acceptors (Lipinski definition) is 7. The van der Waals surface area contributed by atoms with E-state index < -0.39 is 10.8 Å². The van der Waals surface area contributed by atoms with E-state index >= 15 is 0 Å². The quantitative estimate of drug-likeness (QED) is 0.234. The Kier molecular flexibility index (Phi) is 9.84. The van der Waals surface area contributed by atoms with E-state index in [1.54, 1.807) is 49.5 Å². The van der Waals surface area contributed by atoms with Crippen molar-refractivity contribution in [2.24, 2.45) is 0 Å². The number of nitro groups is 1. The van der Waals surface area contributed by atoms with Crippen LogP contribution >= 0.6 is 11.3 Å². The van der Waals surface area contributed by atoms with Gasteiger partial charge in [-0.25, -0.2) is 0 Å². The SMILES string of the molecule is COc1ccc(CCN(Cc2cccs2)C(=O)CN(C(=O)c2ccc(C)c([N+](=O)[O-])c2)C(C)C)cc1OC. The van der Waals surface area contributed by atoms with Gasteiger partial charge in [0.05, 0.1) is 25.7 Å². The molecule has 10 heteroatoms. The van der Waals surface area contributed by atoms with Crippen molar-refractivity contribution in [3.63, 3.8) is 0 Å². The topological polar surface area (TPSA) is 102 Å². The normalized spacial score (nSPS) is 10.8. The zero-order chi connectivity index (χ0) is 27.8. The molecule has 38 heavy (non-hydrogen) atoms. The van der Waals surface area contributed by atoms with E-state index in [1.165, 1.54) is 11.0 Å². The first kappa shape index (κ1) is 28.6. The first-order chi connectivity index (χ1) is 18.1. The Morgan fingerprint density at radius 1 is 1.05 bits per heavy atom. The van der Waals surface area contributed by atoms with Crippen molar-refractivity contribution < 1.29 is 24.0 Å². The molecule has 9 nitrogen and oxygen atoms in total.